The number of hydrogen-bond acceptors (Lipinski definition) is 5. The van der Waals surface area contributed by atoms with Gasteiger partial charge in [-0.05, 0) is 38.8 Å². The Morgan fingerprint density at radius 2 is 2.00 bits per heavy atom. The highest BCUT2D eigenvalue weighted by molar-refractivity contribution is 6.04. The number of amides is 1. The van der Waals surface area contributed by atoms with Crippen molar-refractivity contribution in [2.75, 3.05) is 12.0 Å². The molecule has 1 fully saturated rings. The third kappa shape index (κ3) is 2.08. The summed E-state index contributed by atoms with van der Waals surface area (Å²) in [5.74, 6) is -1.24. The topological polar surface area (TPSA) is 79.6 Å². The number of benzene rings is 1. The van der Waals surface area contributed by atoms with Gasteiger partial charge in [0.05, 0.1) is 24.8 Å². The Kier molecular flexibility index (Phi) is 3.56. The van der Waals surface area contributed by atoms with Gasteiger partial charge in [-0.25, -0.2) is 9.59 Å². The van der Waals surface area contributed by atoms with E-state index in [0.717, 1.165) is 5.56 Å². The molecule has 0 saturated heterocycles. The second-order valence-electron chi connectivity index (χ2n) is 7.21. The van der Waals surface area contributed by atoms with E-state index < -0.39 is 29.1 Å². The molecule has 24 heavy (non-hydrogen) atoms. The van der Waals surface area contributed by atoms with E-state index in [2.05, 4.69) is 6.07 Å². The normalized spacial score (nSPS) is 27.4. The summed E-state index contributed by atoms with van der Waals surface area (Å²) in [5, 5.41) is 9.40. The quantitative estimate of drug-likeness (QED) is 0.740. The maximum Gasteiger partial charge on any atom is 0.415 e. The van der Waals surface area contributed by atoms with Crippen molar-refractivity contribution in [2.45, 2.75) is 44.2 Å². The summed E-state index contributed by atoms with van der Waals surface area (Å²) in [4.78, 5) is 26.9. The molecule has 0 aromatic heterocycles. The molecule has 126 valence electrons. The zero-order valence-corrected chi connectivity index (χ0v) is 14.2. The number of rotatable bonds is 1. The van der Waals surface area contributed by atoms with Crippen LogP contribution in [0, 0.1) is 17.2 Å². The maximum atomic E-state index is 12.8. The molecular formula is C18H20N2O4. The molecule has 2 aliphatic rings. The van der Waals surface area contributed by atoms with Crippen LogP contribution < -0.4 is 4.90 Å². The molecule has 0 radical (unpaired) electrons. The molecule has 1 aliphatic carbocycles. The van der Waals surface area contributed by atoms with Crippen LogP contribution in [0.4, 0.5) is 10.5 Å². The molecule has 1 amide bonds. The Morgan fingerprint density at radius 1 is 1.33 bits per heavy atom. The number of carbonyl (C=O) groups is 2. The molecule has 1 heterocycles. The molecule has 0 spiro atoms. The maximum absolute atomic E-state index is 12.8. The Balaban J connectivity index is 2.13. The number of para-hydroxylation sites is 1. The van der Waals surface area contributed by atoms with Gasteiger partial charge in [0, 0.05) is 5.92 Å². The largest absolute Gasteiger partial charge is 0.467 e. The van der Waals surface area contributed by atoms with Crippen LogP contribution in [0.2, 0.25) is 0 Å². The van der Waals surface area contributed by atoms with Gasteiger partial charge in [-0.3, -0.25) is 4.90 Å². The molecule has 0 bridgehead atoms. The smallest absolute Gasteiger partial charge is 0.415 e. The molecule has 1 aliphatic heterocycles. The number of hydrogen-bond donors (Lipinski definition) is 0. The van der Waals surface area contributed by atoms with Crippen molar-refractivity contribution in [3.05, 3.63) is 29.8 Å². The van der Waals surface area contributed by atoms with Crippen LogP contribution in [-0.2, 0) is 14.3 Å². The van der Waals surface area contributed by atoms with Crippen molar-refractivity contribution in [1.29, 1.82) is 5.26 Å². The number of anilines is 1. The van der Waals surface area contributed by atoms with Crippen molar-refractivity contribution in [2.24, 2.45) is 5.92 Å². The molecule has 1 saturated carbocycles. The van der Waals surface area contributed by atoms with E-state index in [9.17, 15) is 14.9 Å². The average molecular weight is 328 g/mol. The number of nitrogens with zero attached hydrogens (tertiary/aromatic N) is 2. The Labute approximate surface area is 141 Å². The summed E-state index contributed by atoms with van der Waals surface area (Å²) >= 11 is 0. The lowest BCUT2D eigenvalue weighted by molar-refractivity contribution is -0.153. The van der Waals surface area contributed by atoms with E-state index in [1.54, 1.807) is 32.9 Å². The first-order valence-corrected chi connectivity index (χ1v) is 7.86. The summed E-state index contributed by atoms with van der Waals surface area (Å²) in [5.41, 5.74) is -0.465. The SMILES string of the molecule is COC(=O)[C@@]12C[C@@H](C#N)C1c1ccccc1N2C(=O)OC(C)(C)C. The van der Waals surface area contributed by atoms with E-state index in [1.807, 2.05) is 12.1 Å². The fraction of sp³-hybridized carbons (Fsp3) is 0.500. The summed E-state index contributed by atoms with van der Waals surface area (Å²) in [6, 6.07) is 9.50. The Bertz CT molecular complexity index is 746. The van der Waals surface area contributed by atoms with Gasteiger partial charge >= 0.3 is 12.1 Å². The number of methoxy groups -OCH3 is 1. The van der Waals surface area contributed by atoms with Gasteiger partial charge in [-0.15, -0.1) is 0 Å². The molecule has 0 N–H and O–H groups in total. The molecule has 6 heteroatoms. The van der Waals surface area contributed by atoms with Gasteiger partial charge in [0.15, 0.2) is 5.54 Å². The van der Waals surface area contributed by atoms with Gasteiger partial charge in [-0.2, -0.15) is 5.26 Å². The molecule has 1 unspecified atom stereocenters. The first-order chi connectivity index (χ1) is 11.3. The monoisotopic (exact) mass is 328 g/mol. The minimum atomic E-state index is -1.19. The molecule has 6 nitrogen and oxygen atoms in total. The highest BCUT2D eigenvalue weighted by atomic mass is 16.6. The lowest BCUT2D eigenvalue weighted by Crippen LogP contribution is -2.66. The van der Waals surface area contributed by atoms with Gasteiger partial charge in [0.1, 0.15) is 5.60 Å². The lowest BCUT2D eigenvalue weighted by Gasteiger charge is -2.49. The van der Waals surface area contributed by atoms with Crippen LogP contribution in [0.1, 0.15) is 38.7 Å². The van der Waals surface area contributed by atoms with E-state index in [4.69, 9.17) is 9.47 Å². The van der Waals surface area contributed by atoms with Crippen LogP contribution in [0.25, 0.3) is 0 Å². The van der Waals surface area contributed by atoms with E-state index in [1.165, 1.54) is 12.0 Å². The van der Waals surface area contributed by atoms with Crippen molar-refractivity contribution in [3.63, 3.8) is 0 Å². The predicted octanol–water partition coefficient (Wildman–Crippen LogP) is 2.98. The highest BCUT2D eigenvalue weighted by Crippen LogP contribution is 2.62. The number of ether oxygens (including phenoxy) is 2. The number of esters is 1. The fourth-order valence-electron chi connectivity index (χ4n) is 3.79. The van der Waals surface area contributed by atoms with Crippen molar-refractivity contribution in [3.8, 4) is 6.07 Å². The van der Waals surface area contributed by atoms with E-state index >= 15 is 0 Å². The molecule has 3 rings (SSSR count). The van der Waals surface area contributed by atoms with Crippen LogP contribution in [-0.4, -0.2) is 30.3 Å². The third-order valence-corrected chi connectivity index (χ3v) is 4.64. The van der Waals surface area contributed by atoms with E-state index in [-0.39, 0.29) is 12.3 Å². The minimum absolute atomic E-state index is 0.245. The van der Waals surface area contributed by atoms with Crippen molar-refractivity contribution in [1.82, 2.24) is 0 Å². The summed E-state index contributed by atoms with van der Waals surface area (Å²) in [6.07, 6.45) is -0.353. The van der Waals surface area contributed by atoms with Crippen molar-refractivity contribution >= 4 is 17.7 Å². The number of carbonyl (C=O) groups excluding carboxylic acids is 2. The zero-order valence-electron chi connectivity index (χ0n) is 14.2. The number of fused-ring (bicyclic) bond motifs is 3. The van der Waals surface area contributed by atoms with Crippen LogP contribution in [0.5, 0.6) is 0 Å². The fourth-order valence-corrected chi connectivity index (χ4v) is 3.79. The Hall–Kier alpha value is -2.55. The molecule has 1 aromatic carbocycles. The van der Waals surface area contributed by atoms with Crippen molar-refractivity contribution < 1.29 is 19.1 Å². The zero-order chi connectivity index (χ0) is 17.7. The van der Waals surface area contributed by atoms with Gasteiger partial charge in [0.2, 0.25) is 0 Å². The van der Waals surface area contributed by atoms with E-state index in [0.29, 0.717) is 5.69 Å². The number of nitriles is 1. The van der Waals surface area contributed by atoms with Crippen LogP contribution >= 0.6 is 0 Å². The second-order valence-corrected chi connectivity index (χ2v) is 7.21. The average Bonchev–Trinajstić information content (AvgIpc) is 2.71. The third-order valence-electron chi connectivity index (χ3n) is 4.64. The van der Waals surface area contributed by atoms with Gasteiger partial charge in [-0.1, -0.05) is 18.2 Å². The van der Waals surface area contributed by atoms with Crippen LogP contribution in [0.3, 0.4) is 0 Å². The van der Waals surface area contributed by atoms with Crippen LogP contribution in [0.15, 0.2) is 24.3 Å². The molecule has 3 atom stereocenters. The minimum Gasteiger partial charge on any atom is -0.467 e. The summed E-state index contributed by atoms with van der Waals surface area (Å²) < 4.78 is 10.5. The molecular weight excluding hydrogens is 308 g/mol. The first kappa shape index (κ1) is 16.3. The summed E-state index contributed by atoms with van der Waals surface area (Å²) in [6.45, 7) is 5.32. The first-order valence-electron chi connectivity index (χ1n) is 7.86. The van der Waals surface area contributed by atoms with Gasteiger partial charge in [0.25, 0.3) is 0 Å². The second kappa shape index (κ2) is 5.23. The lowest BCUT2D eigenvalue weighted by atomic mass is 9.58. The highest BCUT2D eigenvalue weighted by Gasteiger charge is 2.70. The predicted molar refractivity (Wildman–Crippen MR) is 86.4 cm³/mol. The summed E-state index contributed by atoms with van der Waals surface area (Å²) in [7, 11) is 1.30. The standard InChI is InChI=1S/C18H20N2O4/c1-17(2,3)24-16(22)20-13-8-6-5-7-12(13)14-11(10-19)9-18(14,20)15(21)23-4/h5-8,11,14H,9H2,1-4H3/t11-,14?,18+/m0/s1. The van der Waals surface area contributed by atoms with Gasteiger partial charge < -0.3 is 9.47 Å². The molecule has 1 aromatic rings. The Morgan fingerprint density at radius 3 is 2.58 bits per heavy atom.